The molecule has 0 bridgehead atoms. The smallest absolute Gasteiger partial charge is 0.278 e. The molecule has 0 spiro atoms. The summed E-state index contributed by atoms with van der Waals surface area (Å²) in [6.45, 7) is 5.72. The van der Waals surface area contributed by atoms with Gasteiger partial charge in [-0.25, -0.2) is 9.97 Å². The van der Waals surface area contributed by atoms with E-state index >= 15 is 0 Å². The zero-order valence-electron chi connectivity index (χ0n) is 13.6. The number of thiazole rings is 1. The lowest BCUT2D eigenvalue weighted by Gasteiger charge is -2.08. The topological polar surface area (TPSA) is 79.8 Å². The largest absolute Gasteiger partial charge is 0.344 e. The average molecular weight is 339 g/mol. The lowest BCUT2D eigenvalue weighted by atomic mass is 10.2. The van der Waals surface area contributed by atoms with Crippen molar-refractivity contribution < 1.29 is 4.79 Å². The van der Waals surface area contributed by atoms with Gasteiger partial charge in [-0.2, -0.15) is 0 Å². The summed E-state index contributed by atoms with van der Waals surface area (Å²) in [7, 11) is 0. The van der Waals surface area contributed by atoms with Crippen LogP contribution in [0.5, 0.6) is 0 Å². The zero-order valence-corrected chi connectivity index (χ0v) is 14.4. The van der Waals surface area contributed by atoms with Gasteiger partial charge in [0.05, 0.1) is 16.9 Å². The third kappa shape index (κ3) is 3.57. The molecule has 0 saturated carbocycles. The van der Waals surface area contributed by atoms with Crippen molar-refractivity contribution in [1.82, 2.24) is 15.0 Å². The molecule has 6 nitrogen and oxygen atoms in total. The Balaban J connectivity index is 1.86. The van der Waals surface area contributed by atoms with E-state index in [4.69, 9.17) is 0 Å². The van der Waals surface area contributed by atoms with Crippen LogP contribution in [0.15, 0.2) is 36.7 Å². The first-order valence-electron chi connectivity index (χ1n) is 7.43. The normalized spacial score (nSPS) is 10.5. The van der Waals surface area contributed by atoms with Gasteiger partial charge in [0.15, 0.2) is 5.69 Å². The quantitative estimate of drug-likeness (QED) is 0.754. The molecule has 3 rings (SSSR count). The Bertz CT molecular complexity index is 890. The fourth-order valence-corrected chi connectivity index (χ4v) is 3.00. The number of anilines is 3. The summed E-state index contributed by atoms with van der Waals surface area (Å²) in [4.78, 5) is 25.3. The Labute approximate surface area is 144 Å². The van der Waals surface area contributed by atoms with E-state index in [2.05, 4.69) is 25.6 Å². The lowest BCUT2D eigenvalue weighted by molar-refractivity contribution is 0.102. The maximum absolute atomic E-state index is 12.6. The molecule has 0 aliphatic carbocycles. The van der Waals surface area contributed by atoms with Gasteiger partial charge in [-0.15, -0.1) is 11.3 Å². The number of aromatic nitrogens is 3. The highest BCUT2D eigenvalue weighted by molar-refractivity contribution is 7.16. The van der Waals surface area contributed by atoms with Gasteiger partial charge in [-0.3, -0.25) is 9.78 Å². The highest BCUT2D eigenvalue weighted by atomic mass is 32.1. The van der Waals surface area contributed by atoms with Gasteiger partial charge in [0.25, 0.3) is 5.91 Å². The minimum Gasteiger partial charge on any atom is -0.344 e. The molecule has 0 aliphatic heterocycles. The third-order valence-electron chi connectivity index (χ3n) is 3.37. The number of pyridine rings is 2. The minimum atomic E-state index is -0.290. The summed E-state index contributed by atoms with van der Waals surface area (Å²) in [6.07, 6.45) is 3.46. The van der Waals surface area contributed by atoms with Crippen LogP contribution in [0, 0.1) is 20.8 Å². The van der Waals surface area contributed by atoms with Gasteiger partial charge >= 0.3 is 0 Å². The van der Waals surface area contributed by atoms with E-state index in [9.17, 15) is 4.79 Å². The molecule has 2 N–H and O–H groups in total. The van der Waals surface area contributed by atoms with Crippen LogP contribution in [0.3, 0.4) is 0 Å². The second-order valence-electron chi connectivity index (χ2n) is 5.34. The first kappa shape index (κ1) is 16.1. The summed E-state index contributed by atoms with van der Waals surface area (Å²) >= 11 is 1.43. The SMILES string of the molecule is Cc1cccc(NC(=O)c2nc(C)sc2Nc2cnccc2C)n1. The van der Waals surface area contributed by atoms with E-state index < -0.39 is 0 Å². The summed E-state index contributed by atoms with van der Waals surface area (Å²) in [5, 5.41) is 7.54. The number of rotatable bonds is 4. The van der Waals surface area contributed by atoms with E-state index in [0.29, 0.717) is 16.5 Å². The molecule has 122 valence electrons. The highest BCUT2D eigenvalue weighted by Gasteiger charge is 2.18. The van der Waals surface area contributed by atoms with Crippen LogP contribution in [0.2, 0.25) is 0 Å². The van der Waals surface area contributed by atoms with E-state index in [-0.39, 0.29) is 5.91 Å². The van der Waals surface area contributed by atoms with Crippen molar-refractivity contribution in [3.8, 4) is 0 Å². The van der Waals surface area contributed by atoms with E-state index in [1.807, 2.05) is 39.0 Å². The summed E-state index contributed by atoms with van der Waals surface area (Å²) in [6, 6.07) is 7.39. The summed E-state index contributed by atoms with van der Waals surface area (Å²) < 4.78 is 0. The van der Waals surface area contributed by atoms with Crippen LogP contribution in [-0.4, -0.2) is 20.9 Å². The van der Waals surface area contributed by atoms with Crippen LogP contribution in [0.1, 0.15) is 26.8 Å². The lowest BCUT2D eigenvalue weighted by Crippen LogP contribution is -2.15. The molecule has 3 aromatic heterocycles. The molecule has 3 heterocycles. The Morgan fingerprint density at radius 1 is 1.12 bits per heavy atom. The number of hydrogen-bond donors (Lipinski definition) is 2. The molecule has 3 aromatic rings. The molecule has 1 amide bonds. The number of nitrogens with zero attached hydrogens (tertiary/aromatic N) is 3. The highest BCUT2D eigenvalue weighted by Crippen LogP contribution is 2.29. The monoisotopic (exact) mass is 339 g/mol. The van der Waals surface area contributed by atoms with Crippen molar-refractivity contribution in [2.45, 2.75) is 20.8 Å². The molecule has 0 aromatic carbocycles. The second-order valence-corrected chi connectivity index (χ2v) is 6.55. The molecule has 0 atom stereocenters. The predicted octanol–water partition coefficient (Wildman–Crippen LogP) is 3.85. The van der Waals surface area contributed by atoms with E-state index in [1.165, 1.54) is 11.3 Å². The van der Waals surface area contributed by atoms with Crippen molar-refractivity contribution in [3.05, 3.63) is 58.6 Å². The number of nitrogens with one attached hydrogen (secondary N) is 2. The van der Waals surface area contributed by atoms with Crippen LogP contribution < -0.4 is 10.6 Å². The number of carbonyl (C=O) groups is 1. The number of hydrogen-bond acceptors (Lipinski definition) is 6. The predicted molar refractivity (Wildman–Crippen MR) is 96.0 cm³/mol. The van der Waals surface area contributed by atoms with Crippen LogP contribution >= 0.6 is 11.3 Å². The van der Waals surface area contributed by atoms with Crippen LogP contribution in [0.25, 0.3) is 0 Å². The Morgan fingerprint density at radius 3 is 2.71 bits per heavy atom. The maximum atomic E-state index is 12.6. The van der Waals surface area contributed by atoms with Gasteiger partial charge in [-0.1, -0.05) is 6.07 Å². The Hall–Kier alpha value is -2.80. The molecule has 0 radical (unpaired) electrons. The fraction of sp³-hybridized carbons (Fsp3) is 0.176. The van der Waals surface area contributed by atoms with Gasteiger partial charge in [-0.05, 0) is 44.5 Å². The van der Waals surface area contributed by atoms with Gasteiger partial charge in [0.1, 0.15) is 10.8 Å². The zero-order chi connectivity index (χ0) is 17.1. The first-order valence-corrected chi connectivity index (χ1v) is 8.24. The number of aryl methyl sites for hydroxylation is 3. The van der Waals surface area contributed by atoms with Crippen molar-refractivity contribution in [2.75, 3.05) is 10.6 Å². The summed E-state index contributed by atoms with van der Waals surface area (Å²) in [5.74, 6) is 0.218. The van der Waals surface area contributed by atoms with Crippen molar-refractivity contribution in [2.24, 2.45) is 0 Å². The standard InChI is InChI=1S/C17H17N5OS/c1-10-7-8-18-9-13(10)21-17-15(20-12(3)24-17)16(23)22-14-6-4-5-11(2)19-14/h4-9,21H,1-3H3,(H,19,22,23). The first-order chi connectivity index (χ1) is 11.5. The molecule has 0 aliphatic rings. The van der Waals surface area contributed by atoms with Gasteiger partial charge in [0, 0.05) is 11.9 Å². The number of amides is 1. The Morgan fingerprint density at radius 2 is 1.96 bits per heavy atom. The Kier molecular flexibility index (Phi) is 4.52. The van der Waals surface area contributed by atoms with E-state index in [1.54, 1.807) is 18.5 Å². The molecule has 0 fully saturated rings. The number of carbonyl (C=O) groups excluding carboxylic acids is 1. The van der Waals surface area contributed by atoms with E-state index in [0.717, 1.165) is 22.0 Å². The molecule has 24 heavy (non-hydrogen) atoms. The molecular weight excluding hydrogens is 322 g/mol. The van der Waals surface area contributed by atoms with Crippen molar-refractivity contribution in [1.29, 1.82) is 0 Å². The average Bonchev–Trinajstić information content (AvgIpc) is 2.90. The molecule has 0 saturated heterocycles. The van der Waals surface area contributed by atoms with Crippen LogP contribution in [0.4, 0.5) is 16.5 Å². The minimum absolute atomic E-state index is 0.290. The van der Waals surface area contributed by atoms with Crippen LogP contribution in [-0.2, 0) is 0 Å². The summed E-state index contributed by atoms with van der Waals surface area (Å²) in [5.41, 5.74) is 3.09. The third-order valence-corrected chi connectivity index (χ3v) is 4.25. The molecule has 0 unspecified atom stereocenters. The maximum Gasteiger partial charge on any atom is 0.278 e. The fourth-order valence-electron chi connectivity index (χ4n) is 2.17. The van der Waals surface area contributed by atoms with Crippen molar-refractivity contribution >= 4 is 33.8 Å². The molecular formula is C17H17N5OS. The second kappa shape index (κ2) is 6.76. The van der Waals surface area contributed by atoms with Gasteiger partial charge in [0.2, 0.25) is 0 Å². The van der Waals surface area contributed by atoms with Gasteiger partial charge < -0.3 is 10.6 Å². The molecule has 7 heteroatoms. The van der Waals surface area contributed by atoms with Crippen molar-refractivity contribution in [3.63, 3.8) is 0 Å².